The van der Waals surface area contributed by atoms with Crippen LogP contribution in [0.4, 0.5) is 0 Å². The van der Waals surface area contributed by atoms with Crippen molar-refractivity contribution >= 4 is 17.7 Å². The monoisotopic (exact) mass is 318 g/mol. The van der Waals surface area contributed by atoms with E-state index in [4.69, 9.17) is 9.47 Å². The summed E-state index contributed by atoms with van der Waals surface area (Å²) in [7, 11) is 1.64. The second-order valence-electron chi connectivity index (χ2n) is 5.21. The molecule has 1 rings (SSSR count). The quantitative estimate of drug-likeness (QED) is 0.566. The van der Waals surface area contributed by atoms with E-state index in [9.17, 15) is 4.79 Å². The van der Waals surface area contributed by atoms with Gasteiger partial charge >= 0.3 is 5.97 Å². The molecule has 0 saturated carbocycles. The molecule has 1 aliphatic heterocycles. The van der Waals surface area contributed by atoms with Crippen LogP contribution in [0.2, 0.25) is 0 Å². The Kier molecular flexibility index (Phi) is 10.1. The molecule has 1 saturated heterocycles. The third-order valence-electron chi connectivity index (χ3n) is 3.64. The number of thioether (sulfide) groups is 1. The molecular formula is C15H30N2O3S. The Morgan fingerprint density at radius 3 is 2.57 bits per heavy atom. The minimum absolute atomic E-state index is 0.165. The lowest BCUT2D eigenvalue weighted by Gasteiger charge is -2.33. The van der Waals surface area contributed by atoms with Crippen LogP contribution in [0.15, 0.2) is 0 Å². The second kappa shape index (κ2) is 11.3. The van der Waals surface area contributed by atoms with Crippen LogP contribution in [0.1, 0.15) is 20.3 Å². The first kappa shape index (κ1) is 18.7. The average molecular weight is 318 g/mol. The normalized spacial score (nSPS) is 17.9. The molecule has 1 heterocycles. The van der Waals surface area contributed by atoms with Crippen molar-refractivity contribution in [3.05, 3.63) is 0 Å². The van der Waals surface area contributed by atoms with Crippen LogP contribution in [-0.4, -0.2) is 86.4 Å². The predicted octanol–water partition coefficient (Wildman–Crippen LogP) is 1.33. The summed E-state index contributed by atoms with van der Waals surface area (Å²) in [6, 6.07) is -0.283. The van der Waals surface area contributed by atoms with Crippen molar-refractivity contribution < 1.29 is 14.3 Å². The van der Waals surface area contributed by atoms with E-state index in [0.29, 0.717) is 13.2 Å². The maximum absolute atomic E-state index is 12.1. The summed E-state index contributed by atoms with van der Waals surface area (Å²) in [5.74, 6) is 2.27. The first-order chi connectivity index (χ1) is 10.2. The molecule has 0 spiro atoms. The molecule has 0 bridgehead atoms. The summed E-state index contributed by atoms with van der Waals surface area (Å²) in [6.45, 7) is 9.91. The molecule has 0 aromatic carbocycles. The van der Waals surface area contributed by atoms with Crippen molar-refractivity contribution in [1.82, 2.24) is 9.80 Å². The molecule has 0 aromatic heterocycles. The number of rotatable bonds is 10. The van der Waals surface area contributed by atoms with Crippen molar-refractivity contribution in [2.24, 2.45) is 0 Å². The van der Waals surface area contributed by atoms with Gasteiger partial charge in [0.05, 0.1) is 13.2 Å². The average Bonchev–Trinajstić information content (AvgIpc) is 2.50. The van der Waals surface area contributed by atoms with Gasteiger partial charge in [-0.1, -0.05) is 6.92 Å². The number of methoxy groups -OCH3 is 1. The van der Waals surface area contributed by atoms with E-state index in [1.165, 1.54) is 11.5 Å². The van der Waals surface area contributed by atoms with Crippen LogP contribution in [0, 0.1) is 0 Å². The molecule has 1 atom stereocenters. The lowest BCUT2D eigenvalue weighted by atomic mass is 10.2. The third-order valence-corrected chi connectivity index (χ3v) is 4.58. The highest BCUT2D eigenvalue weighted by Gasteiger charge is 2.27. The number of esters is 1. The number of hydrogen-bond donors (Lipinski definition) is 0. The Balaban J connectivity index is 2.55. The van der Waals surface area contributed by atoms with Crippen LogP contribution in [0.5, 0.6) is 0 Å². The summed E-state index contributed by atoms with van der Waals surface area (Å²) in [5.41, 5.74) is 0. The van der Waals surface area contributed by atoms with Gasteiger partial charge in [-0.2, -0.15) is 11.8 Å². The van der Waals surface area contributed by atoms with E-state index < -0.39 is 0 Å². The Morgan fingerprint density at radius 1 is 1.29 bits per heavy atom. The minimum Gasteiger partial charge on any atom is -0.465 e. The molecule has 5 nitrogen and oxygen atoms in total. The summed E-state index contributed by atoms with van der Waals surface area (Å²) in [6.07, 6.45) is 1.02. The Morgan fingerprint density at radius 2 is 2.00 bits per heavy atom. The molecule has 1 aliphatic rings. The lowest BCUT2D eigenvalue weighted by Crippen LogP contribution is -2.49. The van der Waals surface area contributed by atoms with Crippen molar-refractivity contribution in [2.45, 2.75) is 26.3 Å². The Bertz CT molecular complexity index is 286. The standard InChI is InChI=1S/C15H30N2O3S/c1-4-6-17(8-7-16-9-11-21-12-10-16)14(13-19-3)15(18)20-5-2/h14H,4-13H2,1-3H3/t14-/m0/s1. The van der Waals surface area contributed by atoms with Crippen molar-refractivity contribution in [2.75, 3.05) is 64.6 Å². The van der Waals surface area contributed by atoms with Crippen molar-refractivity contribution in [3.8, 4) is 0 Å². The molecular weight excluding hydrogens is 288 g/mol. The van der Waals surface area contributed by atoms with E-state index in [1.807, 2.05) is 18.7 Å². The van der Waals surface area contributed by atoms with Gasteiger partial charge in [-0.3, -0.25) is 9.69 Å². The van der Waals surface area contributed by atoms with Gasteiger partial charge in [0.1, 0.15) is 6.04 Å². The molecule has 0 radical (unpaired) electrons. The van der Waals surface area contributed by atoms with E-state index in [0.717, 1.165) is 39.1 Å². The minimum atomic E-state index is -0.283. The van der Waals surface area contributed by atoms with E-state index >= 15 is 0 Å². The summed E-state index contributed by atoms with van der Waals surface area (Å²) >= 11 is 2.02. The fourth-order valence-corrected chi connectivity index (χ4v) is 3.50. The maximum atomic E-state index is 12.1. The molecule has 0 unspecified atom stereocenters. The molecule has 0 aromatic rings. The fourth-order valence-electron chi connectivity index (χ4n) is 2.52. The zero-order valence-electron chi connectivity index (χ0n) is 13.7. The van der Waals surface area contributed by atoms with Gasteiger partial charge in [-0.25, -0.2) is 0 Å². The Hall–Kier alpha value is -0.300. The topological polar surface area (TPSA) is 42.0 Å². The number of carbonyl (C=O) groups is 1. The van der Waals surface area contributed by atoms with Gasteiger partial charge in [-0.05, 0) is 19.9 Å². The first-order valence-corrected chi connectivity index (χ1v) is 9.08. The molecule has 21 heavy (non-hydrogen) atoms. The van der Waals surface area contributed by atoms with Crippen LogP contribution >= 0.6 is 11.8 Å². The molecule has 0 aliphatic carbocycles. The number of hydrogen-bond acceptors (Lipinski definition) is 6. The number of nitrogens with zero attached hydrogens (tertiary/aromatic N) is 2. The van der Waals surface area contributed by atoms with E-state index in [1.54, 1.807) is 7.11 Å². The van der Waals surface area contributed by atoms with Gasteiger partial charge < -0.3 is 14.4 Å². The number of carbonyl (C=O) groups excluding carboxylic acids is 1. The fraction of sp³-hybridized carbons (Fsp3) is 0.933. The van der Waals surface area contributed by atoms with Gasteiger partial charge in [-0.15, -0.1) is 0 Å². The Labute approximate surface area is 133 Å². The predicted molar refractivity (Wildman–Crippen MR) is 87.9 cm³/mol. The van der Waals surface area contributed by atoms with Crippen LogP contribution in [0.25, 0.3) is 0 Å². The molecule has 124 valence electrons. The summed E-state index contributed by atoms with van der Waals surface area (Å²) in [4.78, 5) is 16.8. The highest BCUT2D eigenvalue weighted by atomic mass is 32.2. The SMILES string of the molecule is CCCN(CCN1CCSCC1)[C@@H](COC)C(=O)OCC. The van der Waals surface area contributed by atoms with Gasteiger partial charge in [0, 0.05) is 44.8 Å². The second-order valence-corrected chi connectivity index (χ2v) is 6.44. The third kappa shape index (κ3) is 7.00. The number of ether oxygens (including phenoxy) is 2. The highest BCUT2D eigenvalue weighted by Crippen LogP contribution is 2.10. The molecule has 0 amide bonds. The summed E-state index contributed by atoms with van der Waals surface area (Å²) in [5, 5.41) is 0. The smallest absolute Gasteiger partial charge is 0.325 e. The van der Waals surface area contributed by atoms with Crippen molar-refractivity contribution in [1.29, 1.82) is 0 Å². The van der Waals surface area contributed by atoms with E-state index in [-0.39, 0.29) is 12.0 Å². The molecule has 6 heteroatoms. The maximum Gasteiger partial charge on any atom is 0.325 e. The summed E-state index contributed by atoms with van der Waals surface area (Å²) < 4.78 is 10.4. The van der Waals surface area contributed by atoms with Gasteiger partial charge in [0.25, 0.3) is 0 Å². The lowest BCUT2D eigenvalue weighted by molar-refractivity contribution is -0.151. The zero-order valence-corrected chi connectivity index (χ0v) is 14.5. The molecule has 0 N–H and O–H groups in total. The van der Waals surface area contributed by atoms with Crippen LogP contribution in [-0.2, 0) is 14.3 Å². The first-order valence-electron chi connectivity index (χ1n) is 7.92. The zero-order chi connectivity index (χ0) is 15.5. The molecule has 1 fully saturated rings. The van der Waals surface area contributed by atoms with Crippen molar-refractivity contribution in [3.63, 3.8) is 0 Å². The van der Waals surface area contributed by atoms with Gasteiger partial charge in [0.15, 0.2) is 0 Å². The van der Waals surface area contributed by atoms with Gasteiger partial charge in [0.2, 0.25) is 0 Å². The van der Waals surface area contributed by atoms with Crippen LogP contribution in [0.3, 0.4) is 0 Å². The van der Waals surface area contributed by atoms with E-state index in [2.05, 4.69) is 16.7 Å². The largest absolute Gasteiger partial charge is 0.465 e. The highest BCUT2D eigenvalue weighted by molar-refractivity contribution is 7.99. The van der Waals surface area contributed by atoms with Crippen LogP contribution < -0.4 is 0 Å².